The molecule has 9 nitrogen and oxygen atoms in total. The number of rotatable bonds is 10. The SMILES string of the molecule is CCC1(C)C2CN(C(=O)C(NC(=O)N(C)C)C3CCCCC3)C(C(=O)NC(CC3CCC3)C(=O)C(C)(C)O)C21. The Morgan fingerprint density at radius 1 is 1.03 bits per heavy atom. The molecule has 4 fully saturated rings. The Balaban J connectivity index is 1.59. The Morgan fingerprint density at radius 3 is 2.18 bits per heavy atom. The molecule has 6 unspecified atom stereocenters. The van der Waals surface area contributed by atoms with Crippen LogP contribution in [0.25, 0.3) is 0 Å². The minimum Gasteiger partial charge on any atom is -0.383 e. The van der Waals surface area contributed by atoms with Crippen molar-refractivity contribution in [1.82, 2.24) is 20.4 Å². The van der Waals surface area contributed by atoms with Crippen molar-refractivity contribution in [3.63, 3.8) is 0 Å². The Morgan fingerprint density at radius 2 is 1.67 bits per heavy atom. The van der Waals surface area contributed by atoms with Crippen LogP contribution >= 0.6 is 0 Å². The van der Waals surface area contributed by atoms with Crippen molar-refractivity contribution in [2.24, 2.45) is 29.1 Å². The fourth-order valence-electron chi connectivity index (χ4n) is 7.42. The molecule has 1 heterocycles. The number of amides is 4. The summed E-state index contributed by atoms with van der Waals surface area (Å²) < 4.78 is 0. The maximum absolute atomic E-state index is 14.2. The second kappa shape index (κ2) is 11.4. The van der Waals surface area contributed by atoms with E-state index in [9.17, 15) is 24.3 Å². The van der Waals surface area contributed by atoms with E-state index in [1.165, 1.54) is 18.7 Å². The summed E-state index contributed by atoms with van der Waals surface area (Å²) >= 11 is 0. The van der Waals surface area contributed by atoms with E-state index in [-0.39, 0.29) is 46.8 Å². The first-order chi connectivity index (χ1) is 18.3. The highest BCUT2D eigenvalue weighted by molar-refractivity contribution is 5.97. The standard InChI is InChI=1S/C30H50N4O5/c1-7-30(4)20-17-34(27(37)23(32-28(38)33(5)6)19-14-9-8-10-15-19)24(22(20)30)26(36)31-21(16-18-12-11-13-18)25(35)29(2,3)39/h18-24,39H,7-17H2,1-6H3,(H,31,36)(H,32,38). The first-order valence-corrected chi connectivity index (χ1v) is 15.1. The van der Waals surface area contributed by atoms with E-state index in [2.05, 4.69) is 24.5 Å². The van der Waals surface area contributed by atoms with Crippen molar-refractivity contribution in [3.05, 3.63) is 0 Å². The summed E-state index contributed by atoms with van der Waals surface area (Å²) in [6.45, 7) is 7.73. The van der Waals surface area contributed by atoms with E-state index in [4.69, 9.17) is 0 Å². The molecular weight excluding hydrogens is 496 g/mol. The molecule has 3 saturated carbocycles. The summed E-state index contributed by atoms with van der Waals surface area (Å²) in [4.78, 5) is 57.3. The first kappa shape index (κ1) is 29.8. The molecule has 39 heavy (non-hydrogen) atoms. The lowest BCUT2D eigenvalue weighted by Crippen LogP contribution is -2.60. The van der Waals surface area contributed by atoms with Crippen LogP contribution in [0.4, 0.5) is 4.79 Å². The van der Waals surface area contributed by atoms with Crippen molar-refractivity contribution >= 4 is 23.6 Å². The lowest BCUT2D eigenvalue weighted by Gasteiger charge is -2.38. The molecule has 4 amide bonds. The number of hydrogen-bond donors (Lipinski definition) is 3. The van der Waals surface area contributed by atoms with Crippen LogP contribution in [0.1, 0.15) is 91.9 Å². The largest absolute Gasteiger partial charge is 0.383 e. The molecular formula is C30H50N4O5. The quantitative estimate of drug-likeness (QED) is 0.389. The number of fused-ring (bicyclic) bond motifs is 1. The molecule has 1 aliphatic heterocycles. The van der Waals surface area contributed by atoms with Crippen LogP contribution in [0.5, 0.6) is 0 Å². The lowest BCUT2D eigenvalue weighted by atomic mass is 9.78. The number of carbonyl (C=O) groups excluding carboxylic acids is 4. The molecule has 3 aliphatic carbocycles. The fourth-order valence-corrected chi connectivity index (χ4v) is 7.42. The number of nitrogens with one attached hydrogen (secondary N) is 2. The van der Waals surface area contributed by atoms with Crippen LogP contribution in [0.3, 0.4) is 0 Å². The number of nitrogens with zero attached hydrogens (tertiary/aromatic N) is 2. The molecule has 0 aromatic heterocycles. The second-order valence-corrected chi connectivity index (χ2v) is 13.7. The molecule has 9 heteroatoms. The number of carbonyl (C=O) groups is 4. The van der Waals surface area contributed by atoms with E-state index in [1.54, 1.807) is 19.0 Å². The summed E-state index contributed by atoms with van der Waals surface area (Å²) in [5, 5.41) is 16.5. The molecule has 0 bridgehead atoms. The minimum atomic E-state index is -1.56. The third-order valence-corrected chi connectivity index (χ3v) is 10.4. The van der Waals surface area contributed by atoms with Crippen molar-refractivity contribution < 1.29 is 24.3 Å². The van der Waals surface area contributed by atoms with Crippen molar-refractivity contribution in [3.8, 4) is 0 Å². The summed E-state index contributed by atoms with van der Waals surface area (Å²) in [5.41, 5.74) is -1.59. The van der Waals surface area contributed by atoms with Gasteiger partial charge in [0.05, 0.1) is 6.04 Å². The highest BCUT2D eigenvalue weighted by Crippen LogP contribution is 2.67. The van der Waals surface area contributed by atoms with E-state index in [1.807, 2.05) is 0 Å². The number of urea groups is 1. The molecule has 3 N–H and O–H groups in total. The number of piperidine rings is 1. The van der Waals surface area contributed by atoms with Crippen LogP contribution in [0.15, 0.2) is 0 Å². The fraction of sp³-hybridized carbons (Fsp3) is 0.867. The average Bonchev–Trinajstić information content (AvgIpc) is 3.21. The third-order valence-electron chi connectivity index (χ3n) is 10.4. The molecule has 0 spiro atoms. The zero-order valence-electron chi connectivity index (χ0n) is 24.8. The molecule has 0 radical (unpaired) electrons. The van der Waals surface area contributed by atoms with E-state index < -0.39 is 23.7 Å². The first-order valence-electron chi connectivity index (χ1n) is 15.1. The topological polar surface area (TPSA) is 119 Å². The van der Waals surface area contributed by atoms with Crippen molar-refractivity contribution in [2.75, 3.05) is 20.6 Å². The van der Waals surface area contributed by atoms with Gasteiger partial charge in [0.15, 0.2) is 5.78 Å². The molecule has 4 rings (SSSR count). The molecule has 1 saturated heterocycles. The zero-order valence-corrected chi connectivity index (χ0v) is 24.8. The number of Topliss-reactive ketones (excluding diaryl/α,β-unsaturated/α-hetero) is 1. The van der Waals surface area contributed by atoms with Gasteiger partial charge in [0, 0.05) is 20.6 Å². The van der Waals surface area contributed by atoms with Gasteiger partial charge >= 0.3 is 6.03 Å². The van der Waals surface area contributed by atoms with Gasteiger partial charge in [-0.1, -0.05) is 58.8 Å². The van der Waals surface area contributed by atoms with Gasteiger partial charge < -0.3 is 25.5 Å². The predicted octanol–water partition coefficient (Wildman–Crippen LogP) is 3.09. The van der Waals surface area contributed by atoms with Gasteiger partial charge in [-0.25, -0.2) is 4.79 Å². The summed E-state index contributed by atoms with van der Waals surface area (Å²) in [5.74, 6) is -0.254. The Kier molecular flexibility index (Phi) is 8.70. The van der Waals surface area contributed by atoms with Gasteiger partial charge in [-0.3, -0.25) is 14.4 Å². The van der Waals surface area contributed by atoms with Crippen molar-refractivity contribution in [2.45, 2.75) is 116 Å². The van der Waals surface area contributed by atoms with Crippen LogP contribution < -0.4 is 10.6 Å². The van der Waals surface area contributed by atoms with E-state index in [0.717, 1.165) is 57.8 Å². The number of likely N-dealkylation sites (tertiary alicyclic amines) is 1. The monoisotopic (exact) mass is 546 g/mol. The molecule has 220 valence electrons. The van der Waals surface area contributed by atoms with Gasteiger partial charge in [-0.05, 0) is 62.2 Å². The maximum atomic E-state index is 14.2. The van der Waals surface area contributed by atoms with Crippen LogP contribution in [-0.2, 0) is 14.4 Å². The van der Waals surface area contributed by atoms with Crippen LogP contribution in [-0.4, -0.2) is 82.9 Å². The normalized spacial score (nSPS) is 30.5. The second-order valence-electron chi connectivity index (χ2n) is 13.7. The predicted molar refractivity (Wildman–Crippen MR) is 149 cm³/mol. The molecule has 0 aromatic carbocycles. The Labute approximate surface area is 233 Å². The van der Waals surface area contributed by atoms with Crippen LogP contribution in [0, 0.1) is 29.1 Å². The smallest absolute Gasteiger partial charge is 0.317 e. The highest BCUT2D eigenvalue weighted by Gasteiger charge is 2.71. The zero-order chi connectivity index (χ0) is 28.7. The Bertz CT molecular complexity index is 951. The Hall–Kier alpha value is -2.16. The van der Waals surface area contributed by atoms with Gasteiger partial charge in [0.1, 0.15) is 17.7 Å². The maximum Gasteiger partial charge on any atom is 0.317 e. The molecule has 4 aliphatic rings. The van der Waals surface area contributed by atoms with Crippen molar-refractivity contribution in [1.29, 1.82) is 0 Å². The number of hydrogen-bond acceptors (Lipinski definition) is 5. The van der Waals surface area contributed by atoms with Crippen LogP contribution in [0.2, 0.25) is 0 Å². The van der Waals surface area contributed by atoms with Gasteiger partial charge in [0.25, 0.3) is 0 Å². The lowest BCUT2D eigenvalue weighted by molar-refractivity contribution is -0.145. The van der Waals surface area contributed by atoms with Gasteiger partial charge in [-0.15, -0.1) is 0 Å². The summed E-state index contributed by atoms with van der Waals surface area (Å²) in [7, 11) is 3.32. The molecule has 6 atom stereocenters. The number of aliphatic hydroxyl groups is 1. The summed E-state index contributed by atoms with van der Waals surface area (Å²) in [6, 6.07) is -2.45. The van der Waals surface area contributed by atoms with E-state index >= 15 is 0 Å². The third kappa shape index (κ3) is 5.98. The van der Waals surface area contributed by atoms with Gasteiger partial charge in [0.2, 0.25) is 11.8 Å². The average molecular weight is 547 g/mol. The van der Waals surface area contributed by atoms with Gasteiger partial charge in [-0.2, -0.15) is 0 Å². The highest BCUT2D eigenvalue weighted by atomic mass is 16.3. The minimum absolute atomic E-state index is 0.0181. The van der Waals surface area contributed by atoms with E-state index in [0.29, 0.717) is 18.9 Å². The number of ketones is 1. The summed E-state index contributed by atoms with van der Waals surface area (Å²) in [6.07, 6.45) is 9.50. The molecule has 0 aromatic rings.